The molecule has 1 aliphatic carbocycles. The first kappa shape index (κ1) is 18.3. The molecular weight excluding hydrogens is 362 g/mol. The van der Waals surface area contributed by atoms with Crippen molar-refractivity contribution in [3.8, 4) is 5.75 Å². The monoisotopic (exact) mass is 385 g/mol. The molecule has 142 valence electrons. The topological polar surface area (TPSA) is 49.8 Å². The van der Waals surface area contributed by atoms with E-state index in [2.05, 4.69) is 17.0 Å². The van der Waals surface area contributed by atoms with E-state index in [1.807, 2.05) is 30.3 Å². The van der Waals surface area contributed by atoms with Gasteiger partial charge in [-0.15, -0.1) is 0 Å². The molecule has 2 aromatic rings. The summed E-state index contributed by atoms with van der Waals surface area (Å²) in [4.78, 5) is 13.2. The lowest BCUT2D eigenvalue weighted by molar-refractivity contribution is -0.137. The van der Waals surface area contributed by atoms with Crippen LogP contribution in [0.1, 0.15) is 42.4 Å². The lowest BCUT2D eigenvalue weighted by atomic mass is 9.86. The van der Waals surface area contributed by atoms with E-state index < -0.39 is 5.97 Å². The fourth-order valence-corrected chi connectivity index (χ4v) is 4.24. The number of aliphatic carboxylic acids is 1. The Labute approximate surface area is 164 Å². The van der Waals surface area contributed by atoms with E-state index in [0.717, 1.165) is 36.0 Å². The van der Waals surface area contributed by atoms with Gasteiger partial charge in [0.15, 0.2) is 0 Å². The highest BCUT2D eigenvalue weighted by Crippen LogP contribution is 2.53. The number of carboxylic acid groups (broad SMARTS) is 1. The highest BCUT2D eigenvalue weighted by molar-refractivity contribution is 6.31. The number of fused-ring (bicyclic) bond motifs is 2. The zero-order chi connectivity index (χ0) is 18.9. The third kappa shape index (κ3) is 4.12. The van der Waals surface area contributed by atoms with Crippen molar-refractivity contribution < 1.29 is 14.6 Å². The van der Waals surface area contributed by atoms with Crippen molar-refractivity contribution in [3.05, 3.63) is 64.2 Å². The number of carbonyl (C=O) groups is 1. The number of hydrogen-bond acceptors (Lipinski definition) is 3. The molecule has 0 saturated heterocycles. The molecule has 0 radical (unpaired) electrons. The average Bonchev–Trinajstić information content (AvgIpc) is 3.41. The minimum Gasteiger partial charge on any atom is -0.489 e. The van der Waals surface area contributed by atoms with E-state index in [4.69, 9.17) is 21.4 Å². The van der Waals surface area contributed by atoms with Gasteiger partial charge in [-0.25, -0.2) is 0 Å². The van der Waals surface area contributed by atoms with Gasteiger partial charge in [-0.1, -0.05) is 35.9 Å². The van der Waals surface area contributed by atoms with Crippen LogP contribution in [-0.2, 0) is 23.4 Å². The van der Waals surface area contributed by atoms with Crippen LogP contribution < -0.4 is 4.74 Å². The molecule has 1 N–H and O–H groups in total. The first-order valence-electron chi connectivity index (χ1n) is 9.49. The molecular formula is C22H24ClNO3. The molecule has 1 aliphatic heterocycles. The second-order valence-electron chi connectivity index (χ2n) is 7.69. The summed E-state index contributed by atoms with van der Waals surface area (Å²) < 4.78 is 6.01. The van der Waals surface area contributed by atoms with Gasteiger partial charge in [0.2, 0.25) is 0 Å². The Balaban J connectivity index is 1.45. The molecule has 4 rings (SSSR count). The Morgan fingerprint density at radius 2 is 2.04 bits per heavy atom. The zero-order valence-electron chi connectivity index (χ0n) is 15.3. The standard InChI is InChI=1S/C22H24ClNO3/c23-20-5-2-1-4-17(20)14-27-18-8-7-16-13-24(11-3-6-21(25)26)15-22(9-10-22)19(16)12-18/h1-2,4-5,7-8,12H,3,6,9-11,13-15H2,(H,25,26). The van der Waals surface area contributed by atoms with Gasteiger partial charge in [-0.2, -0.15) is 0 Å². The van der Waals surface area contributed by atoms with Crippen molar-refractivity contribution in [2.75, 3.05) is 13.1 Å². The summed E-state index contributed by atoms with van der Waals surface area (Å²) in [6.45, 7) is 3.22. The Morgan fingerprint density at radius 3 is 2.78 bits per heavy atom. The zero-order valence-corrected chi connectivity index (χ0v) is 16.0. The molecule has 1 fully saturated rings. The van der Waals surface area contributed by atoms with Crippen LogP contribution in [0.15, 0.2) is 42.5 Å². The van der Waals surface area contributed by atoms with Crippen LogP contribution in [0.25, 0.3) is 0 Å². The normalized spacial score (nSPS) is 17.5. The van der Waals surface area contributed by atoms with E-state index in [1.165, 1.54) is 24.0 Å². The molecule has 5 heteroatoms. The van der Waals surface area contributed by atoms with Gasteiger partial charge in [0.05, 0.1) is 0 Å². The molecule has 4 nitrogen and oxygen atoms in total. The number of halogens is 1. The molecule has 0 bridgehead atoms. The van der Waals surface area contributed by atoms with E-state index in [0.29, 0.717) is 13.0 Å². The van der Waals surface area contributed by atoms with Crippen molar-refractivity contribution in [2.45, 2.75) is 44.2 Å². The predicted molar refractivity (Wildman–Crippen MR) is 105 cm³/mol. The molecule has 0 atom stereocenters. The van der Waals surface area contributed by atoms with Gasteiger partial charge in [0.25, 0.3) is 0 Å². The fraction of sp³-hybridized carbons (Fsp3) is 0.409. The molecule has 27 heavy (non-hydrogen) atoms. The molecule has 2 aliphatic rings. The summed E-state index contributed by atoms with van der Waals surface area (Å²) in [5.41, 5.74) is 3.98. The van der Waals surface area contributed by atoms with Crippen LogP contribution in [0.5, 0.6) is 5.75 Å². The maximum atomic E-state index is 10.8. The molecule has 1 saturated carbocycles. The van der Waals surface area contributed by atoms with Crippen molar-refractivity contribution in [1.82, 2.24) is 4.90 Å². The first-order valence-corrected chi connectivity index (χ1v) is 9.87. The third-order valence-electron chi connectivity index (χ3n) is 5.64. The van der Waals surface area contributed by atoms with E-state index in [9.17, 15) is 4.79 Å². The van der Waals surface area contributed by atoms with Gasteiger partial charge in [0, 0.05) is 35.5 Å². The molecule has 0 aromatic heterocycles. The Hall–Kier alpha value is -2.04. The number of hydrogen-bond donors (Lipinski definition) is 1. The Kier molecular flexibility index (Phi) is 5.11. The summed E-state index contributed by atoms with van der Waals surface area (Å²) in [6, 6.07) is 14.2. The number of rotatable bonds is 7. The van der Waals surface area contributed by atoms with Gasteiger partial charge in [0.1, 0.15) is 12.4 Å². The number of nitrogens with zero attached hydrogens (tertiary/aromatic N) is 1. The molecule has 0 unspecified atom stereocenters. The van der Waals surface area contributed by atoms with Gasteiger partial charge < -0.3 is 9.84 Å². The van der Waals surface area contributed by atoms with Gasteiger partial charge in [-0.05, 0) is 55.1 Å². The van der Waals surface area contributed by atoms with E-state index in [1.54, 1.807) is 0 Å². The molecule has 1 heterocycles. The van der Waals surface area contributed by atoms with Gasteiger partial charge >= 0.3 is 5.97 Å². The van der Waals surface area contributed by atoms with Crippen LogP contribution in [-0.4, -0.2) is 29.1 Å². The number of carboxylic acids is 1. The Bertz CT molecular complexity index is 847. The third-order valence-corrected chi connectivity index (χ3v) is 6.01. The molecule has 2 aromatic carbocycles. The van der Waals surface area contributed by atoms with E-state index in [-0.39, 0.29) is 11.8 Å². The smallest absolute Gasteiger partial charge is 0.303 e. The summed E-state index contributed by atoms with van der Waals surface area (Å²) >= 11 is 6.22. The van der Waals surface area contributed by atoms with Crippen molar-refractivity contribution in [1.29, 1.82) is 0 Å². The average molecular weight is 386 g/mol. The lowest BCUT2D eigenvalue weighted by Crippen LogP contribution is -2.38. The quantitative estimate of drug-likeness (QED) is 0.754. The second-order valence-corrected chi connectivity index (χ2v) is 8.09. The fourth-order valence-electron chi connectivity index (χ4n) is 4.05. The van der Waals surface area contributed by atoms with Crippen molar-refractivity contribution >= 4 is 17.6 Å². The van der Waals surface area contributed by atoms with E-state index >= 15 is 0 Å². The van der Waals surface area contributed by atoms with Gasteiger partial charge in [-0.3, -0.25) is 9.69 Å². The highest BCUT2D eigenvalue weighted by Gasteiger charge is 2.49. The maximum Gasteiger partial charge on any atom is 0.303 e. The summed E-state index contributed by atoms with van der Waals surface area (Å²) in [6.07, 6.45) is 3.34. The minimum atomic E-state index is -0.714. The first-order chi connectivity index (χ1) is 13.1. The largest absolute Gasteiger partial charge is 0.489 e. The van der Waals surface area contributed by atoms with Crippen LogP contribution in [0.4, 0.5) is 0 Å². The van der Waals surface area contributed by atoms with Crippen molar-refractivity contribution in [2.24, 2.45) is 0 Å². The molecule has 1 spiro atoms. The molecule has 0 amide bonds. The van der Waals surface area contributed by atoms with Crippen molar-refractivity contribution in [3.63, 3.8) is 0 Å². The maximum absolute atomic E-state index is 10.8. The predicted octanol–water partition coefficient (Wildman–Crippen LogP) is 4.63. The summed E-state index contributed by atoms with van der Waals surface area (Å²) in [5, 5.41) is 9.58. The highest BCUT2D eigenvalue weighted by atomic mass is 35.5. The Morgan fingerprint density at radius 1 is 1.22 bits per heavy atom. The second kappa shape index (κ2) is 7.53. The summed E-state index contributed by atoms with van der Waals surface area (Å²) in [5.74, 6) is 0.174. The van der Waals surface area contributed by atoms with Crippen LogP contribution in [0.2, 0.25) is 5.02 Å². The van der Waals surface area contributed by atoms with Crippen LogP contribution in [0, 0.1) is 0 Å². The van der Waals surface area contributed by atoms with Crippen LogP contribution in [0.3, 0.4) is 0 Å². The SMILES string of the molecule is O=C(O)CCCN1Cc2ccc(OCc3ccccc3Cl)cc2C2(CC2)C1. The minimum absolute atomic E-state index is 0.237. The number of benzene rings is 2. The lowest BCUT2D eigenvalue weighted by Gasteiger charge is -2.35. The number of ether oxygens (including phenoxy) is 1. The summed E-state index contributed by atoms with van der Waals surface area (Å²) in [7, 11) is 0. The van der Waals surface area contributed by atoms with Crippen LogP contribution >= 0.6 is 11.6 Å².